The van der Waals surface area contributed by atoms with Crippen molar-refractivity contribution in [2.75, 3.05) is 7.11 Å². The van der Waals surface area contributed by atoms with Crippen molar-refractivity contribution in [2.45, 2.75) is 25.3 Å². The SMILES string of the molecule is COc1ccccc1CC(N)CCc1cccs1. The molecule has 1 heterocycles. The van der Waals surface area contributed by atoms with Gasteiger partial charge < -0.3 is 10.5 Å². The van der Waals surface area contributed by atoms with Gasteiger partial charge in [0.1, 0.15) is 5.75 Å². The number of nitrogens with two attached hydrogens (primary N) is 1. The van der Waals surface area contributed by atoms with Gasteiger partial charge in [-0.25, -0.2) is 0 Å². The molecular formula is C15H19NOS. The fourth-order valence-electron chi connectivity index (χ4n) is 2.04. The maximum Gasteiger partial charge on any atom is 0.122 e. The predicted octanol–water partition coefficient (Wildman–Crippen LogP) is 3.26. The van der Waals surface area contributed by atoms with Crippen LogP contribution in [0.4, 0.5) is 0 Å². The lowest BCUT2D eigenvalue weighted by Gasteiger charge is -2.13. The first-order chi connectivity index (χ1) is 8.79. The molecule has 2 nitrogen and oxygen atoms in total. The average molecular weight is 261 g/mol. The van der Waals surface area contributed by atoms with Crippen molar-refractivity contribution in [2.24, 2.45) is 5.73 Å². The van der Waals surface area contributed by atoms with E-state index in [1.807, 2.05) is 18.2 Å². The molecule has 0 saturated carbocycles. The van der Waals surface area contributed by atoms with Gasteiger partial charge in [0.05, 0.1) is 7.11 Å². The van der Waals surface area contributed by atoms with Crippen LogP contribution in [0.15, 0.2) is 41.8 Å². The average Bonchev–Trinajstić information content (AvgIpc) is 2.90. The number of hydrogen-bond acceptors (Lipinski definition) is 3. The molecule has 0 aliphatic carbocycles. The smallest absolute Gasteiger partial charge is 0.122 e. The molecule has 1 atom stereocenters. The van der Waals surface area contributed by atoms with Crippen molar-refractivity contribution < 1.29 is 4.74 Å². The molecule has 2 rings (SSSR count). The number of benzene rings is 1. The molecule has 0 bridgehead atoms. The molecule has 0 spiro atoms. The van der Waals surface area contributed by atoms with E-state index in [0.717, 1.165) is 25.0 Å². The molecule has 0 fully saturated rings. The van der Waals surface area contributed by atoms with Gasteiger partial charge in [0.25, 0.3) is 0 Å². The van der Waals surface area contributed by atoms with Crippen LogP contribution in [0.5, 0.6) is 5.75 Å². The van der Waals surface area contributed by atoms with E-state index < -0.39 is 0 Å². The van der Waals surface area contributed by atoms with Crippen molar-refractivity contribution >= 4 is 11.3 Å². The minimum atomic E-state index is 0.184. The number of aryl methyl sites for hydroxylation is 1. The summed E-state index contributed by atoms with van der Waals surface area (Å²) in [7, 11) is 1.70. The van der Waals surface area contributed by atoms with Gasteiger partial charge in [-0.05, 0) is 42.3 Å². The molecule has 2 aromatic rings. The fourth-order valence-corrected chi connectivity index (χ4v) is 2.76. The van der Waals surface area contributed by atoms with E-state index in [0.29, 0.717) is 0 Å². The van der Waals surface area contributed by atoms with Crippen molar-refractivity contribution in [1.82, 2.24) is 0 Å². The summed E-state index contributed by atoms with van der Waals surface area (Å²) in [6.45, 7) is 0. The fraction of sp³-hybridized carbons (Fsp3) is 0.333. The third-order valence-corrected chi connectivity index (χ3v) is 3.95. The summed E-state index contributed by atoms with van der Waals surface area (Å²) in [5.74, 6) is 0.934. The standard InChI is InChI=1S/C15H19NOS/c1-17-15-7-3-2-5-12(15)11-13(16)8-9-14-6-4-10-18-14/h2-7,10,13H,8-9,11,16H2,1H3. The molecule has 3 heteroatoms. The molecular weight excluding hydrogens is 242 g/mol. The number of hydrogen-bond donors (Lipinski definition) is 1. The maximum atomic E-state index is 6.19. The zero-order valence-electron chi connectivity index (χ0n) is 10.6. The lowest BCUT2D eigenvalue weighted by molar-refractivity contribution is 0.407. The van der Waals surface area contributed by atoms with Crippen molar-refractivity contribution in [1.29, 1.82) is 0 Å². The Labute approximate surface area is 112 Å². The molecule has 2 N–H and O–H groups in total. The Morgan fingerprint density at radius 2 is 2.06 bits per heavy atom. The summed E-state index contributed by atoms with van der Waals surface area (Å²) in [5, 5.41) is 2.11. The van der Waals surface area contributed by atoms with Crippen LogP contribution in [0.25, 0.3) is 0 Å². The number of thiophene rings is 1. The summed E-state index contributed by atoms with van der Waals surface area (Å²) < 4.78 is 5.34. The highest BCUT2D eigenvalue weighted by Gasteiger charge is 2.08. The molecule has 96 valence electrons. The van der Waals surface area contributed by atoms with E-state index >= 15 is 0 Å². The van der Waals surface area contributed by atoms with Crippen LogP contribution < -0.4 is 10.5 Å². The number of rotatable bonds is 6. The zero-order chi connectivity index (χ0) is 12.8. The molecule has 18 heavy (non-hydrogen) atoms. The lowest BCUT2D eigenvalue weighted by atomic mass is 10.0. The van der Waals surface area contributed by atoms with E-state index in [4.69, 9.17) is 10.5 Å². The maximum absolute atomic E-state index is 6.19. The van der Waals surface area contributed by atoms with Crippen LogP contribution in [0.2, 0.25) is 0 Å². The van der Waals surface area contributed by atoms with Crippen molar-refractivity contribution in [3.63, 3.8) is 0 Å². The van der Waals surface area contributed by atoms with Crippen LogP contribution in [0.3, 0.4) is 0 Å². The first-order valence-electron chi connectivity index (χ1n) is 6.19. The summed E-state index contributed by atoms with van der Waals surface area (Å²) in [6.07, 6.45) is 2.95. The molecule has 0 amide bonds. The Balaban J connectivity index is 1.88. The summed E-state index contributed by atoms with van der Waals surface area (Å²) in [6, 6.07) is 12.5. The molecule has 0 radical (unpaired) electrons. The van der Waals surface area contributed by atoms with Crippen LogP contribution in [0.1, 0.15) is 16.9 Å². The highest BCUT2D eigenvalue weighted by molar-refractivity contribution is 7.09. The van der Waals surface area contributed by atoms with Crippen LogP contribution >= 0.6 is 11.3 Å². The van der Waals surface area contributed by atoms with E-state index in [9.17, 15) is 0 Å². The minimum absolute atomic E-state index is 0.184. The highest BCUT2D eigenvalue weighted by Crippen LogP contribution is 2.20. The second-order valence-corrected chi connectivity index (χ2v) is 5.43. The molecule has 0 aliphatic rings. The van der Waals surface area contributed by atoms with Gasteiger partial charge in [-0.1, -0.05) is 24.3 Å². The van der Waals surface area contributed by atoms with Gasteiger partial charge in [-0.15, -0.1) is 11.3 Å². The van der Waals surface area contributed by atoms with E-state index in [1.165, 1.54) is 10.4 Å². The van der Waals surface area contributed by atoms with Gasteiger partial charge in [-0.2, -0.15) is 0 Å². The van der Waals surface area contributed by atoms with Gasteiger partial charge in [0.15, 0.2) is 0 Å². The Bertz CT molecular complexity index is 467. The predicted molar refractivity (Wildman–Crippen MR) is 77.3 cm³/mol. The monoisotopic (exact) mass is 261 g/mol. The normalized spacial score (nSPS) is 12.3. The Kier molecular flexibility index (Phi) is 4.79. The van der Waals surface area contributed by atoms with Crippen LogP contribution in [0, 0.1) is 0 Å². The Morgan fingerprint density at radius 1 is 1.22 bits per heavy atom. The van der Waals surface area contributed by atoms with Crippen molar-refractivity contribution in [3.8, 4) is 5.75 Å². The molecule has 0 saturated heterocycles. The molecule has 1 aromatic carbocycles. The summed E-state index contributed by atoms with van der Waals surface area (Å²) in [5.41, 5.74) is 7.39. The second-order valence-electron chi connectivity index (χ2n) is 4.39. The Morgan fingerprint density at radius 3 is 2.78 bits per heavy atom. The first-order valence-corrected chi connectivity index (χ1v) is 7.07. The molecule has 0 aliphatic heterocycles. The Hall–Kier alpha value is -1.32. The quantitative estimate of drug-likeness (QED) is 0.866. The lowest BCUT2D eigenvalue weighted by Crippen LogP contribution is -2.23. The van der Waals surface area contributed by atoms with Crippen LogP contribution in [-0.4, -0.2) is 13.2 Å². The summed E-state index contributed by atoms with van der Waals surface area (Å²) in [4.78, 5) is 1.41. The van der Waals surface area contributed by atoms with Gasteiger partial charge in [0.2, 0.25) is 0 Å². The first kappa shape index (κ1) is 13.1. The third-order valence-electron chi connectivity index (χ3n) is 3.02. The zero-order valence-corrected chi connectivity index (χ0v) is 11.5. The van der Waals surface area contributed by atoms with E-state index in [-0.39, 0.29) is 6.04 Å². The summed E-state index contributed by atoms with van der Waals surface area (Å²) >= 11 is 1.80. The number of ether oxygens (including phenoxy) is 1. The van der Waals surface area contributed by atoms with Crippen LogP contribution in [-0.2, 0) is 12.8 Å². The topological polar surface area (TPSA) is 35.2 Å². The second kappa shape index (κ2) is 6.57. The third kappa shape index (κ3) is 3.59. The number of methoxy groups -OCH3 is 1. The number of para-hydroxylation sites is 1. The highest BCUT2D eigenvalue weighted by atomic mass is 32.1. The van der Waals surface area contributed by atoms with Crippen molar-refractivity contribution in [3.05, 3.63) is 52.2 Å². The van der Waals surface area contributed by atoms with Gasteiger partial charge in [0, 0.05) is 10.9 Å². The van der Waals surface area contributed by atoms with E-state index in [1.54, 1.807) is 18.4 Å². The van der Waals surface area contributed by atoms with Gasteiger partial charge >= 0.3 is 0 Å². The molecule has 1 aromatic heterocycles. The molecule has 1 unspecified atom stereocenters. The largest absolute Gasteiger partial charge is 0.496 e. The minimum Gasteiger partial charge on any atom is -0.496 e. The van der Waals surface area contributed by atoms with E-state index in [2.05, 4.69) is 23.6 Å². The van der Waals surface area contributed by atoms with Gasteiger partial charge in [-0.3, -0.25) is 0 Å².